The van der Waals surface area contributed by atoms with Crippen LogP contribution in [0, 0.1) is 5.92 Å². The molecular formula is C15H21NO4. The van der Waals surface area contributed by atoms with Crippen LogP contribution in [0.25, 0.3) is 0 Å². The second-order valence-electron chi connectivity index (χ2n) is 4.70. The number of esters is 1. The van der Waals surface area contributed by atoms with Gasteiger partial charge in [-0.3, -0.25) is 0 Å². The minimum absolute atomic E-state index is 0.124. The lowest BCUT2D eigenvalue weighted by atomic mass is 9.98. The summed E-state index contributed by atoms with van der Waals surface area (Å²) in [6.07, 6.45) is 0.853. The molecule has 0 radical (unpaired) electrons. The maximum Gasteiger partial charge on any atom is 0.328 e. The third-order valence-corrected chi connectivity index (χ3v) is 3.39. The van der Waals surface area contributed by atoms with Crippen LogP contribution >= 0.6 is 0 Å². The summed E-state index contributed by atoms with van der Waals surface area (Å²) in [5.41, 5.74) is 0.792. The Morgan fingerprint density at radius 1 is 1.50 bits per heavy atom. The van der Waals surface area contributed by atoms with Crippen LogP contribution in [0.3, 0.4) is 0 Å². The number of nitrogens with one attached hydrogen (secondary N) is 1. The SMILES string of the molecule is CCOC(=O)C(Nc1ccccc1OC)C1CCOC1. The van der Waals surface area contributed by atoms with Crippen molar-refractivity contribution in [2.24, 2.45) is 5.92 Å². The second-order valence-corrected chi connectivity index (χ2v) is 4.70. The zero-order chi connectivity index (χ0) is 14.4. The average Bonchev–Trinajstić information content (AvgIpc) is 2.99. The molecule has 0 saturated carbocycles. The van der Waals surface area contributed by atoms with Gasteiger partial charge in [-0.15, -0.1) is 0 Å². The third-order valence-electron chi connectivity index (χ3n) is 3.39. The van der Waals surface area contributed by atoms with E-state index in [4.69, 9.17) is 14.2 Å². The van der Waals surface area contributed by atoms with Crippen molar-refractivity contribution in [2.45, 2.75) is 19.4 Å². The second kappa shape index (κ2) is 7.14. The van der Waals surface area contributed by atoms with E-state index in [0.717, 1.165) is 12.1 Å². The highest BCUT2D eigenvalue weighted by atomic mass is 16.5. The first-order valence-corrected chi connectivity index (χ1v) is 6.90. The minimum atomic E-state index is -0.409. The number of carbonyl (C=O) groups excluding carboxylic acids is 1. The number of anilines is 1. The molecule has 1 aromatic carbocycles. The van der Waals surface area contributed by atoms with Crippen molar-refractivity contribution < 1.29 is 19.0 Å². The minimum Gasteiger partial charge on any atom is -0.495 e. The monoisotopic (exact) mass is 279 g/mol. The molecule has 0 spiro atoms. The van der Waals surface area contributed by atoms with Gasteiger partial charge >= 0.3 is 5.97 Å². The molecule has 1 aromatic rings. The zero-order valence-corrected chi connectivity index (χ0v) is 11.9. The highest BCUT2D eigenvalue weighted by molar-refractivity contribution is 5.80. The van der Waals surface area contributed by atoms with E-state index in [-0.39, 0.29) is 11.9 Å². The van der Waals surface area contributed by atoms with Gasteiger partial charge in [0.05, 0.1) is 26.0 Å². The molecule has 1 saturated heterocycles. The largest absolute Gasteiger partial charge is 0.495 e. The summed E-state index contributed by atoms with van der Waals surface area (Å²) in [4.78, 5) is 12.2. The van der Waals surface area contributed by atoms with Crippen molar-refractivity contribution in [3.05, 3.63) is 24.3 Å². The lowest BCUT2D eigenvalue weighted by Crippen LogP contribution is -2.38. The van der Waals surface area contributed by atoms with Crippen molar-refractivity contribution in [1.29, 1.82) is 0 Å². The van der Waals surface area contributed by atoms with Crippen molar-refractivity contribution in [3.8, 4) is 5.75 Å². The van der Waals surface area contributed by atoms with Gasteiger partial charge in [0.25, 0.3) is 0 Å². The van der Waals surface area contributed by atoms with Gasteiger partial charge in [-0.05, 0) is 25.5 Å². The standard InChI is InChI=1S/C15H21NO4/c1-3-20-15(17)14(11-8-9-19-10-11)16-12-6-4-5-7-13(12)18-2/h4-7,11,14,16H,3,8-10H2,1-2H3. The van der Waals surface area contributed by atoms with Crippen LogP contribution in [0.15, 0.2) is 24.3 Å². The van der Waals surface area contributed by atoms with Crippen molar-refractivity contribution in [2.75, 3.05) is 32.2 Å². The number of carbonyl (C=O) groups is 1. The summed E-state index contributed by atoms with van der Waals surface area (Å²) in [5, 5.41) is 3.25. The molecule has 0 bridgehead atoms. The molecule has 0 aromatic heterocycles. The maximum absolute atomic E-state index is 12.2. The molecule has 1 heterocycles. The predicted molar refractivity (Wildman–Crippen MR) is 76.0 cm³/mol. The molecule has 2 atom stereocenters. The van der Waals surface area contributed by atoms with Gasteiger partial charge in [0.15, 0.2) is 0 Å². The molecule has 5 nitrogen and oxygen atoms in total. The molecule has 110 valence electrons. The van der Waals surface area contributed by atoms with Gasteiger partial charge in [0.1, 0.15) is 11.8 Å². The Hall–Kier alpha value is -1.75. The summed E-state index contributed by atoms with van der Waals surface area (Å²) in [6.45, 7) is 3.44. The van der Waals surface area contributed by atoms with Gasteiger partial charge < -0.3 is 19.5 Å². The summed E-state index contributed by atoms with van der Waals surface area (Å²) in [7, 11) is 1.61. The fourth-order valence-corrected chi connectivity index (χ4v) is 2.35. The Bertz CT molecular complexity index is 443. The van der Waals surface area contributed by atoms with E-state index in [1.807, 2.05) is 31.2 Å². The van der Waals surface area contributed by atoms with Gasteiger partial charge in [0.2, 0.25) is 0 Å². The number of benzene rings is 1. The highest BCUT2D eigenvalue weighted by Crippen LogP contribution is 2.27. The van der Waals surface area contributed by atoms with E-state index >= 15 is 0 Å². The molecule has 0 aliphatic carbocycles. The van der Waals surface area contributed by atoms with Crippen LogP contribution in [0.5, 0.6) is 5.75 Å². The summed E-state index contributed by atoms with van der Waals surface area (Å²) in [6, 6.07) is 7.13. The quantitative estimate of drug-likeness (QED) is 0.808. The Morgan fingerprint density at radius 2 is 2.30 bits per heavy atom. The van der Waals surface area contributed by atoms with Crippen molar-refractivity contribution in [1.82, 2.24) is 0 Å². The fourth-order valence-electron chi connectivity index (χ4n) is 2.35. The molecule has 2 unspecified atom stereocenters. The molecule has 1 fully saturated rings. The van der Waals surface area contributed by atoms with E-state index in [0.29, 0.717) is 25.6 Å². The van der Waals surface area contributed by atoms with Crippen LogP contribution in [0.4, 0.5) is 5.69 Å². The molecule has 2 rings (SSSR count). The Labute approximate surface area is 119 Å². The third kappa shape index (κ3) is 3.42. The van der Waals surface area contributed by atoms with E-state index in [2.05, 4.69) is 5.32 Å². The Balaban J connectivity index is 2.16. The van der Waals surface area contributed by atoms with Crippen LogP contribution < -0.4 is 10.1 Å². The van der Waals surface area contributed by atoms with E-state index < -0.39 is 6.04 Å². The number of hydrogen-bond acceptors (Lipinski definition) is 5. The van der Waals surface area contributed by atoms with Gasteiger partial charge in [-0.2, -0.15) is 0 Å². The molecule has 20 heavy (non-hydrogen) atoms. The lowest BCUT2D eigenvalue weighted by Gasteiger charge is -2.23. The van der Waals surface area contributed by atoms with E-state index in [1.165, 1.54) is 0 Å². The first-order chi connectivity index (χ1) is 9.76. The van der Waals surface area contributed by atoms with Crippen LogP contribution in [-0.4, -0.2) is 38.9 Å². The van der Waals surface area contributed by atoms with Crippen LogP contribution in [0.1, 0.15) is 13.3 Å². The number of hydrogen-bond donors (Lipinski definition) is 1. The molecule has 5 heteroatoms. The summed E-state index contributed by atoms with van der Waals surface area (Å²) < 4.78 is 15.8. The normalized spacial score (nSPS) is 19.4. The summed E-state index contributed by atoms with van der Waals surface area (Å²) in [5.74, 6) is 0.591. The zero-order valence-electron chi connectivity index (χ0n) is 11.9. The average molecular weight is 279 g/mol. The highest BCUT2D eigenvalue weighted by Gasteiger charge is 2.33. The fraction of sp³-hybridized carbons (Fsp3) is 0.533. The Kier molecular flexibility index (Phi) is 5.24. The molecule has 0 amide bonds. The Morgan fingerprint density at radius 3 is 2.95 bits per heavy atom. The van der Waals surface area contributed by atoms with Gasteiger partial charge in [-0.25, -0.2) is 4.79 Å². The molecule has 1 aliphatic rings. The summed E-state index contributed by atoms with van der Waals surface area (Å²) >= 11 is 0. The number of ether oxygens (including phenoxy) is 3. The van der Waals surface area contributed by atoms with Gasteiger partial charge in [0, 0.05) is 12.5 Å². The number of para-hydroxylation sites is 2. The van der Waals surface area contributed by atoms with E-state index in [9.17, 15) is 4.79 Å². The number of methoxy groups -OCH3 is 1. The number of rotatable bonds is 6. The van der Waals surface area contributed by atoms with Crippen molar-refractivity contribution in [3.63, 3.8) is 0 Å². The molecule has 1 aliphatic heterocycles. The smallest absolute Gasteiger partial charge is 0.328 e. The van der Waals surface area contributed by atoms with Crippen LogP contribution in [0.2, 0.25) is 0 Å². The van der Waals surface area contributed by atoms with Crippen LogP contribution in [-0.2, 0) is 14.3 Å². The van der Waals surface area contributed by atoms with E-state index in [1.54, 1.807) is 7.11 Å². The topological polar surface area (TPSA) is 56.8 Å². The first kappa shape index (κ1) is 14.7. The molecular weight excluding hydrogens is 258 g/mol. The predicted octanol–water partition coefficient (Wildman–Crippen LogP) is 2.08. The maximum atomic E-state index is 12.2. The van der Waals surface area contributed by atoms with Gasteiger partial charge in [-0.1, -0.05) is 12.1 Å². The lowest BCUT2D eigenvalue weighted by molar-refractivity contribution is -0.145. The first-order valence-electron chi connectivity index (χ1n) is 6.90. The van der Waals surface area contributed by atoms with Crippen molar-refractivity contribution >= 4 is 11.7 Å². The molecule has 1 N–H and O–H groups in total.